The van der Waals surface area contributed by atoms with Crippen molar-refractivity contribution in [2.75, 3.05) is 36.5 Å². The van der Waals surface area contributed by atoms with Gasteiger partial charge in [0.1, 0.15) is 11.3 Å². The van der Waals surface area contributed by atoms with E-state index < -0.39 is 6.10 Å². The van der Waals surface area contributed by atoms with Crippen molar-refractivity contribution in [1.82, 2.24) is 19.9 Å². The lowest BCUT2D eigenvalue weighted by molar-refractivity contribution is 0.122. The van der Waals surface area contributed by atoms with Gasteiger partial charge in [-0.2, -0.15) is 0 Å². The minimum Gasteiger partial charge on any atom is -0.488 e. The number of aliphatic hydroxyl groups excluding tert-OH is 1. The van der Waals surface area contributed by atoms with Gasteiger partial charge in [0.2, 0.25) is 5.95 Å². The van der Waals surface area contributed by atoms with Crippen molar-refractivity contribution in [2.45, 2.75) is 50.9 Å². The van der Waals surface area contributed by atoms with Gasteiger partial charge in [-0.15, -0.1) is 0 Å². The first kappa shape index (κ1) is 21.8. The number of morpholine rings is 1. The number of hydrogen-bond acceptors (Lipinski definition) is 9. The van der Waals surface area contributed by atoms with Crippen LogP contribution in [-0.4, -0.2) is 63.5 Å². The summed E-state index contributed by atoms with van der Waals surface area (Å²) in [5.74, 6) is 1.40. The molecule has 0 spiro atoms. The molecule has 1 unspecified atom stereocenters. The molecule has 174 valence electrons. The Morgan fingerprint density at radius 2 is 1.85 bits per heavy atom. The minimum atomic E-state index is -0.685. The standard InChI is InChI=1S/C24H30N6O3/c1-16(31)21-15-27-20-13-18(30-9-11-32-12-10-30)14-22(23(20)29-21)33-19-5-3-17(4-6-19)28-24-25-7-2-8-26-24/h2,7-8,13-17,19,31H,3-6,9-12H2,1H3,(H,25,26,28)/t16?,17-,19+. The number of fused-ring (bicyclic) bond motifs is 1. The summed E-state index contributed by atoms with van der Waals surface area (Å²) in [5.41, 5.74) is 3.08. The van der Waals surface area contributed by atoms with Crippen molar-refractivity contribution in [2.24, 2.45) is 0 Å². The fourth-order valence-corrected chi connectivity index (χ4v) is 4.44. The largest absolute Gasteiger partial charge is 0.488 e. The van der Waals surface area contributed by atoms with Crippen LogP contribution in [0.4, 0.5) is 11.6 Å². The fourth-order valence-electron chi connectivity index (χ4n) is 4.44. The summed E-state index contributed by atoms with van der Waals surface area (Å²) in [6, 6.07) is 6.27. The molecule has 1 aromatic carbocycles. The molecule has 2 aliphatic rings. The highest BCUT2D eigenvalue weighted by Gasteiger charge is 2.25. The van der Waals surface area contributed by atoms with Gasteiger partial charge in [0.25, 0.3) is 0 Å². The third kappa shape index (κ3) is 5.15. The van der Waals surface area contributed by atoms with Crippen LogP contribution in [0.2, 0.25) is 0 Å². The summed E-state index contributed by atoms with van der Waals surface area (Å²) in [5, 5.41) is 13.4. The summed E-state index contributed by atoms with van der Waals surface area (Å²) < 4.78 is 12.0. The second-order valence-electron chi connectivity index (χ2n) is 8.69. The van der Waals surface area contributed by atoms with Crippen molar-refractivity contribution in [1.29, 1.82) is 0 Å². The maximum atomic E-state index is 10.0. The first-order valence-corrected chi connectivity index (χ1v) is 11.7. The maximum absolute atomic E-state index is 10.0. The normalized spacial score (nSPS) is 22.2. The number of nitrogens with one attached hydrogen (secondary N) is 1. The Bertz CT molecular complexity index is 1070. The van der Waals surface area contributed by atoms with Crippen LogP contribution in [0.25, 0.3) is 11.0 Å². The van der Waals surface area contributed by atoms with Crippen LogP contribution < -0.4 is 15.0 Å². The zero-order valence-electron chi connectivity index (χ0n) is 18.9. The van der Waals surface area contributed by atoms with Crippen molar-refractivity contribution >= 4 is 22.7 Å². The zero-order valence-corrected chi connectivity index (χ0v) is 18.9. The van der Waals surface area contributed by atoms with E-state index >= 15 is 0 Å². The molecular formula is C24H30N6O3. The van der Waals surface area contributed by atoms with Crippen LogP contribution in [0.5, 0.6) is 5.75 Å². The molecule has 9 nitrogen and oxygen atoms in total. The number of benzene rings is 1. The molecule has 33 heavy (non-hydrogen) atoms. The van der Waals surface area contributed by atoms with E-state index in [1.165, 1.54) is 0 Å². The van der Waals surface area contributed by atoms with Crippen LogP contribution in [-0.2, 0) is 4.74 Å². The molecule has 2 N–H and O–H groups in total. The third-order valence-electron chi connectivity index (χ3n) is 6.29. The lowest BCUT2D eigenvalue weighted by Gasteiger charge is -2.31. The van der Waals surface area contributed by atoms with Crippen molar-refractivity contribution in [3.05, 3.63) is 42.5 Å². The summed E-state index contributed by atoms with van der Waals surface area (Å²) in [6.07, 6.45) is 8.37. The molecule has 2 fully saturated rings. The van der Waals surface area contributed by atoms with Gasteiger partial charge in [0, 0.05) is 43.3 Å². The summed E-state index contributed by atoms with van der Waals surface area (Å²) in [6.45, 7) is 4.79. The topological polar surface area (TPSA) is 106 Å². The van der Waals surface area contributed by atoms with E-state index in [-0.39, 0.29) is 6.10 Å². The van der Waals surface area contributed by atoms with Gasteiger partial charge in [-0.1, -0.05) is 0 Å². The number of anilines is 2. The molecule has 2 aromatic heterocycles. The molecule has 3 aromatic rings. The van der Waals surface area contributed by atoms with Crippen LogP contribution in [0.3, 0.4) is 0 Å². The smallest absolute Gasteiger partial charge is 0.222 e. The van der Waals surface area contributed by atoms with Gasteiger partial charge in [-0.05, 0) is 44.7 Å². The third-order valence-corrected chi connectivity index (χ3v) is 6.29. The van der Waals surface area contributed by atoms with Crippen molar-refractivity contribution in [3.8, 4) is 5.75 Å². The van der Waals surface area contributed by atoms with Crippen LogP contribution in [0, 0.1) is 0 Å². The Labute approximate surface area is 193 Å². The van der Waals surface area contributed by atoms with Crippen LogP contribution in [0.1, 0.15) is 44.4 Å². The predicted octanol–water partition coefficient (Wildman–Crippen LogP) is 3.11. The molecular weight excluding hydrogens is 420 g/mol. The van der Waals surface area contributed by atoms with Gasteiger partial charge in [-0.25, -0.2) is 15.0 Å². The highest BCUT2D eigenvalue weighted by Crippen LogP contribution is 2.34. The Kier molecular flexibility index (Phi) is 6.50. The van der Waals surface area contributed by atoms with Crippen LogP contribution >= 0.6 is 0 Å². The lowest BCUT2D eigenvalue weighted by atomic mass is 9.93. The number of aliphatic hydroxyl groups is 1. The minimum absolute atomic E-state index is 0.0971. The summed E-state index contributed by atoms with van der Waals surface area (Å²) in [7, 11) is 0. The zero-order chi connectivity index (χ0) is 22.6. The molecule has 1 aliphatic carbocycles. The Hall–Kier alpha value is -3.04. The predicted molar refractivity (Wildman–Crippen MR) is 126 cm³/mol. The van der Waals surface area contributed by atoms with E-state index in [9.17, 15) is 5.11 Å². The summed E-state index contributed by atoms with van der Waals surface area (Å²) >= 11 is 0. The van der Waals surface area contributed by atoms with Gasteiger partial charge < -0.3 is 24.8 Å². The monoisotopic (exact) mass is 450 g/mol. The fraction of sp³-hybridized carbons (Fsp3) is 0.500. The molecule has 1 saturated heterocycles. The number of rotatable bonds is 6. The Morgan fingerprint density at radius 3 is 2.58 bits per heavy atom. The van der Waals surface area contributed by atoms with E-state index in [1.54, 1.807) is 25.5 Å². The van der Waals surface area contributed by atoms with E-state index in [2.05, 4.69) is 36.2 Å². The summed E-state index contributed by atoms with van der Waals surface area (Å²) in [4.78, 5) is 20.1. The van der Waals surface area contributed by atoms with E-state index in [0.717, 1.165) is 55.7 Å². The van der Waals surface area contributed by atoms with Crippen molar-refractivity contribution in [3.63, 3.8) is 0 Å². The first-order chi connectivity index (χ1) is 16.2. The highest BCUT2D eigenvalue weighted by molar-refractivity contribution is 5.85. The van der Waals surface area contributed by atoms with Gasteiger partial charge in [0.05, 0.1) is 42.8 Å². The molecule has 0 bridgehead atoms. The number of ether oxygens (including phenoxy) is 2. The molecule has 0 amide bonds. The average Bonchev–Trinajstić information content (AvgIpc) is 2.86. The van der Waals surface area contributed by atoms with Crippen molar-refractivity contribution < 1.29 is 14.6 Å². The Balaban J connectivity index is 1.35. The van der Waals surface area contributed by atoms with Gasteiger partial charge in [0.15, 0.2) is 0 Å². The molecule has 5 rings (SSSR count). The van der Waals surface area contributed by atoms with Crippen LogP contribution in [0.15, 0.2) is 36.8 Å². The molecule has 3 heterocycles. The average molecular weight is 451 g/mol. The van der Waals surface area contributed by atoms with E-state index in [0.29, 0.717) is 36.4 Å². The second-order valence-corrected chi connectivity index (χ2v) is 8.69. The van der Waals surface area contributed by atoms with Gasteiger partial charge in [-0.3, -0.25) is 4.98 Å². The molecule has 0 radical (unpaired) electrons. The molecule has 9 heteroatoms. The molecule has 1 saturated carbocycles. The first-order valence-electron chi connectivity index (χ1n) is 11.7. The SMILES string of the molecule is CC(O)c1cnc2cc(N3CCOCC3)cc(O[C@H]3CC[C@@H](Nc4ncccn4)CC3)c2n1. The second kappa shape index (κ2) is 9.84. The van der Waals surface area contributed by atoms with Gasteiger partial charge >= 0.3 is 0 Å². The Morgan fingerprint density at radius 1 is 1.09 bits per heavy atom. The maximum Gasteiger partial charge on any atom is 0.222 e. The molecule has 1 atom stereocenters. The van der Waals surface area contributed by atoms with E-state index in [4.69, 9.17) is 9.47 Å². The van der Waals surface area contributed by atoms with E-state index in [1.807, 2.05) is 12.1 Å². The number of nitrogens with zero attached hydrogens (tertiary/aromatic N) is 5. The quantitative estimate of drug-likeness (QED) is 0.586. The highest BCUT2D eigenvalue weighted by atomic mass is 16.5. The molecule has 1 aliphatic heterocycles. The number of aromatic nitrogens is 4. The lowest BCUT2D eigenvalue weighted by Crippen LogP contribution is -2.36. The number of hydrogen-bond donors (Lipinski definition) is 2.